The van der Waals surface area contributed by atoms with Crippen LogP contribution in [-0.2, 0) is 15.8 Å². The van der Waals surface area contributed by atoms with Crippen LogP contribution in [0.4, 0.5) is 18.9 Å². The molecule has 0 aliphatic rings. The van der Waals surface area contributed by atoms with Crippen molar-refractivity contribution in [2.75, 3.05) is 5.32 Å². The van der Waals surface area contributed by atoms with Crippen molar-refractivity contribution in [3.8, 4) is 0 Å². The molecule has 0 unspecified atom stereocenters. The van der Waals surface area contributed by atoms with Crippen molar-refractivity contribution in [3.05, 3.63) is 29.8 Å². The Kier molecular flexibility index (Phi) is 4.30. The maximum absolute atomic E-state index is 12.3. The molecule has 0 atom stereocenters. The topological polar surface area (TPSA) is 72.2 Å². The van der Waals surface area contributed by atoms with Crippen LogP contribution in [0.1, 0.15) is 18.4 Å². The van der Waals surface area contributed by atoms with Crippen LogP contribution < -0.4 is 11.1 Å². The number of hydrogen-bond acceptors (Lipinski definition) is 2. The highest BCUT2D eigenvalue weighted by Crippen LogP contribution is 2.29. The predicted octanol–water partition coefficient (Wildman–Crippen LogP) is 1.91. The molecule has 18 heavy (non-hydrogen) atoms. The minimum absolute atomic E-state index is 0.101. The van der Waals surface area contributed by atoms with Gasteiger partial charge in [0.25, 0.3) is 0 Å². The highest BCUT2D eigenvalue weighted by atomic mass is 19.4. The van der Waals surface area contributed by atoms with Crippen molar-refractivity contribution in [2.45, 2.75) is 19.0 Å². The van der Waals surface area contributed by atoms with Gasteiger partial charge in [-0.2, -0.15) is 13.2 Å². The molecular formula is C11H11F3N2O2. The molecule has 0 spiro atoms. The second-order valence-electron chi connectivity index (χ2n) is 3.59. The lowest BCUT2D eigenvalue weighted by Crippen LogP contribution is -2.17. The second kappa shape index (κ2) is 5.52. The summed E-state index contributed by atoms with van der Waals surface area (Å²) in [6, 6.07) is 4.02. The molecule has 3 N–H and O–H groups in total. The Labute approximate surface area is 101 Å². The van der Waals surface area contributed by atoms with Gasteiger partial charge in [0.15, 0.2) is 0 Å². The number of halogens is 3. The SMILES string of the molecule is NC(=O)CCC(=O)Nc1ccc(C(F)(F)F)cc1. The largest absolute Gasteiger partial charge is 0.416 e. The van der Waals surface area contributed by atoms with E-state index in [0.29, 0.717) is 0 Å². The monoisotopic (exact) mass is 260 g/mol. The van der Waals surface area contributed by atoms with Gasteiger partial charge < -0.3 is 11.1 Å². The molecule has 0 heterocycles. The molecule has 0 saturated carbocycles. The van der Waals surface area contributed by atoms with Gasteiger partial charge in [-0.15, -0.1) is 0 Å². The molecule has 4 nitrogen and oxygen atoms in total. The summed E-state index contributed by atoms with van der Waals surface area (Å²) in [6.07, 6.45) is -4.61. The fourth-order valence-electron chi connectivity index (χ4n) is 1.20. The number of nitrogens with one attached hydrogen (secondary N) is 1. The Morgan fingerprint density at radius 3 is 2.11 bits per heavy atom. The van der Waals surface area contributed by atoms with Gasteiger partial charge in [0, 0.05) is 18.5 Å². The molecule has 2 amide bonds. The van der Waals surface area contributed by atoms with Crippen LogP contribution in [0.15, 0.2) is 24.3 Å². The fourth-order valence-corrected chi connectivity index (χ4v) is 1.20. The number of amides is 2. The van der Waals surface area contributed by atoms with E-state index in [4.69, 9.17) is 5.73 Å². The Bertz CT molecular complexity index is 441. The maximum atomic E-state index is 12.3. The number of alkyl halides is 3. The molecule has 1 aromatic rings. The number of carbonyl (C=O) groups excluding carboxylic acids is 2. The Balaban J connectivity index is 2.59. The van der Waals surface area contributed by atoms with Gasteiger partial charge in [-0.3, -0.25) is 9.59 Å². The molecule has 0 aromatic heterocycles. The van der Waals surface area contributed by atoms with Crippen LogP contribution >= 0.6 is 0 Å². The quantitative estimate of drug-likeness (QED) is 0.867. The standard InChI is InChI=1S/C11H11F3N2O2/c12-11(13,14)7-1-3-8(4-2-7)16-10(18)6-5-9(15)17/h1-4H,5-6H2,(H2,15,17)(H,16,18). The molecular weight excluding hydrogens is 249 g/mol. The lowest BCUT2D eigenvalue weighted by molar-refractivity contribution is -0.137. The van der Waals surface area contributed by atoms with Crippen LogP contribution in [0.5, 0.6) is 0 Å². The number of nitrogens with two attached hydrogens (primary N) is 1. The van der Waals surface area contributed by atoms with Gasteiger partial charge in [0.2, 0.25) is 11.8 Å². The van der Waals surface area contributed by atoms with Crippen LogP contribution in [0.25, 0.3) is 0 Å². The summed E-state index contributed by atoms with van der Waals surface area (Å²) in [7, 11) is 0. The molecule has 0 fully saturated rings. The summed E-state index contributed by atoms with van der Waals surface area (Å²) < 4.78 is 36.8. The maximum Gasteiger partial charge on any atom is 0.416 e. The predicted molar refractivity (Wildman–Crippen MR) is 58.5 cm³/mol. The average Bonchev–Trinajstić information content (AvgIpc) is 2.26. The zero-order valence-electron chi connectivity index (χ0n) is 9.25. The number of carbonyl (C=O) groups is 2. The van der Waals surface area contributed by atoms with E-state index in [1.807, 2.05) is 0 Å². The van der Waals surface area contributed by atoms with Gasteiger partial charge in [-0.05, 0) is 24.3 Å². The normalized spacial score (nSPS) is 11.1. The molecule has 0 saturated heterocycles. The van der Waals surface area contributed by atoms with E-state index in [-0.39, 0.29) is 18.5 Å². The van der Waals surface area contributed by atoms with Crippen molar-refractivity contribution in [2.24, 2.45) is 5.73 Å². The lowest BCUT2D eigenvalue weighted by Gasteiger charge is -2.08. The second-order valence-corrected chi connectivity index (χ2v) is 3.59. The summed E-state index contributed by atoms with van der Waals surface area (Å²) in [5.41, 5.74) is 4.30. The molecule has 1 rings (SSSR count). The first-order valence-corrected chi connectivity index (χ1v) is 5.04. The summed E-state index contributed by atoms with van der Waals surface area (Å²) in [4.78, 5) is 21.7. The molecule has 0 aliphatic carbocycles. The molecule has 0 radical (unpaired) electrons. The van der Waals surface area contributed by atoms with Crippen LogP contribution in [-0.4, -0.2) is 11.8 Å². The summed E-state index contributed by atoms with van der Waals surface area (Å²) in [5.74, 6) is -1.09. The summed E-state index contributed by atoms with van der Waals surface area (Å²) in [5, 5.41) is 2.36. The third kappa shape index (κ3) is 4.44. The first-order chi connectivity index (χ1) is 8.29. The first-order valence-electron chi connectivity index (χ1n) is 5.04. The number of rotatable bonds is 4. The molecule has 98 valence electrons. The van der Waals surface area contributed by atoms with E-state index in [9.17, 15) is 22.8 Å². The fraction of sp³-hybridized carbons (Fsp3) is 0.273. The van der Waals surface area contributed by atoms with Crippen molar-refractivity contribution in [1.82, 2.24) is 0 Å². The van der Waals surface area contributed by atoms with E-state index in [0.717, 1.165) is 24.3 Å². The Morgan fingerprint density at radius 1 is 1.11 bits per heavy atom. The minimum atomic E-state index is -4.41. The van der Waals surface area contributed by atoms with Gasteiger partial charge in [0.05, 0.1) is 5.56 Å². The molecule has 0 bridgehead atoms. The highest BCUT2D eigenvalue weighted by molar-refractivity contribution is 5.92. The van der Waals surface area contributed by atoms with E-state index in [1.165, 1.54) is 0 Å². The smallest absolute Gasteiger partial charge is 0.370 e. The summed E-state index contributed by atoms with van der Waals surface area (Å²) in [6.45, 7) is 0. The zero-order valence-corrected chi connectivity index (χ0v) is 9.25. The number of anilines is 1. The summed E-state index contributed by atoms with van der Waals surface area (Å²) >= 11 is 0. The zero-order chi connectivity index (χ0) is 13.8. The van der Waals surface area contributed by atoms with Crippen LogP contribution in [0, 0.1) is 0 Å². The lowest BCUT2D eigenvalue weighted by atomic mass is 10.2. The van der Waals surface area contributed by atoms with Crippen molar-refractivity contribution in [1.29, 1.82) is 0 Å². The number of primary amides is 1. The van der Waals surface area contributed by atoms with Crippen molar-refractivity contribution < 1.29 is 22.8 Å². The van der Waals surface area contributed by atoms with Gasteiger partial charge in [-0.25, -0.2) is 0 Å². The van der Waals surface area contributed by atoms with E-state index < -0.39 is 23.6 Å². The minimum Gasteiger partial charge on any atom is -0.370 e. The molecule has 7 heteroatoms. The third-order valence-corrected chi connectivity index (χ3v) is 2.09. The number of hydrogen-bond donors (Lipinski definition) is 2. The first kappa shape index (κ1) is 14.0. The third-order valence-electron chi connectivity index (χ3n) is 2.09. The Morgan fingerprint density at radius 2 is 1.67 bits per heavy atom. The number of benzene rings is 1. The average molecular weight is 260 g/mol. The van der Waals surface area contributed by atoms with Crippen LogP contribution in [0.3, 0.4) is 0 Å². The van der Waals surface area contributed by atoms with Crippen LogP contribution in [0.2, 0.25) is 0 Å². The van der Waals surface area contributed by atoms with E-state index in [2.05, 4.69) is 5.32 Å². The molecule has 0 aliphatic heterocycles. The highest BCUT2D eigenvalue weighted by Gasteiger charge is 2.29. The van der Waals surface area contributed by atoms with Gasteiger partial charge in [0.1, 0.15) is 0 Å². The Hall–Kier alpha value is -2.05. The van der Waals surface area contributed by atoms with E-state index in [1.54, 1.807) is 0 Å². The van der Waals surface area contributed by atoms with Crippen molar-refractivity contribution in [3.63, 3.8) is 0 Å². The van der Waals surface area contributed by atoms with Gasteiger partial charge in [-0.1, -0.05) is 0 Å². The van der Waals surface area contributed by atoms with E-state index >= 15 is 0 Å². The van der Waals surface area contributed by atoms with Gasteiger partial charge >= 0.3 is 6.18 Å². The molecule has 1 aromatic carbocycles. The van der Waals surface area contributed by atoms with Crippen molar-refractivity contribution >= 4 is 17.5 Å².